The molecule has 2 aliphatic heterocycles. The lowest BCUT2D eigenvalue weighted by Gasteiger charge is -2.16. The average Bonchev–Trinajstić information content (AvgIpc) is 2.70. The Morgan fingerprint density at radius 1 is 1.50 bits per heavy atom. The average molecular weight is 174 g/mol. The maximum Gasteiger partial charge on any atom is 0.163 e. The van der Waals surface area contributed by atoms with Crippen molar-refractivity contribution in [1.29, 1.82) is 0 Å². The van der Waals surface area contributed by atoms with Crippen molar-refractivity contribution in [1.82, 2.24) is 0 Å². The minimum atomic E-state index is -0.489. The largest absolute Gasteiger partial charge is 0.394 e. The summed E-state index contributed by atoms with van der Waals surface area (Å²) in [5.41, 5.74) is 0. The normalized spacial score (nSPS) is 44.8. The van der Waals surface area contributed by atoms with E-state index >= 15 is 0 Å². The zero-order valence-electron chi connectivity index (χ0n) is 7.32. The van der Waals surface area contributed by atoms with E-state index in [2.05, 4.69) is 0 Å². The van der Waals surface area contributed by atoms with Crippen LogP contribution < -0.4 is 0 Å². The first kappa shape index (κ1) is 8.44. The maximum atomic E-state index is 8.75. The van der Waals surface area contributed by atoms with Crippen LogP contribution in [0.25, 0.3) is 0 Å². The molecule has 70 valence electrons. The maximum absolute atomic E-state index is 8.75. The Hall–Kier alpha value is -0.160. The molecule has 0 aromatic carbocycles. The standard InChI is InChI=1S/C8H14O4/c1-8(2)10-4-6(12-8)7-5(3-9)11-7/h5-7,9H,3-4H2,1-2H3/t5-,6+,7+/m0/s1. The van der Waals surface area contributed by atoms with Crippen molar-refractivity contribution in [3.63, 3.8) is 0 Å². The SMILES string of the molecule is CC1(C)OC[C@H]([C@@H]2O[C@H]2CO)O1. The molecule has 4 nitrogen and oxygen atoms in total. The van der Waals surface area contributed by atoms with Gasteiger partial charge in [-0.15, -0.1) is 0 Å². The highest BCUT2D eigenvalue weighted by molar-refractivity contribution is 4.93. The summed E-state index contributed by atoms with van der Waals surface area (Å²) in [5, 5.41) is 8.75. The summed E-state index contributed by atoms with van der Waals surface area (Å²) in [6.07, 6.45) is 0.00132. The summed E-state index contributed by atoms with van der Waals surface area (Å²) in [6.45, 7) is 4.39. The molecule has 1 N–H and O–H groups in total. The third-order valence-corrected chi connectivity index (χ3v) is 2.20. The van der Waals surface area contributed by atoms with Crippen molar-refractivity contribution in [3.05, 3.63) is 0 Å². The highest BCUT2D eigenvalue weighted by Crippen LogP contribution is 2.34. The predicted octanol–water partition coefficient (Wildman–Crippen LogP) is -0.102. The van der Waals surface area contributed by atoms with E-state index in [9.17, 15) is 0 Å². The second-order valence-electron chi connectivity index (χ2n) is 3.69. The van der Waals surface area contributed by atoms with Gasteiger partial charge in [-0.25, -0.2) is 0 Å². The predicted molar refractivity (Wildman–Crippen MR) is 40.7 cm³/mol. The van der Waals surface area contributed by atoms with Gasteiger partial charge in [0.1, 0.15) is 18.3 Å². The van der Waals surface area contributed by atoms with Gasteiger partial charge in [-0.1, -0.05) is 0 Å². The lowest BCUT2D eigenvalue weighted by molar-refractivity contribution is -0.140. The van der Waals surface area contributed by atoms with E-state index in [1.807, 2.05) is 13.8 Å². The first-order chi connectivity index (χ1) is 5.62. The molecule has 12 heavy (non-hydrogen) atoms. The second-order valence-corrected chi connectivity index (χ2v) is 3.69. The minimum Gasteiger partial charge on any atom is -0.394 e. The van der Waals surface area contributed by atoms with Crippen molar-refractivity contribution in [2.45, 2.75) is 37.9 Å². The molecule has 0 bridgehead atoms. The van der Waals surface area contributed by atoms with Gasteiger partial charge >= 0.3 is 0 Å². The van der Waals surface area contributed by atoms with Crippen LogP contribution in [0.5, 0.6) is 0 Å². The van der Waals surface area contributed by atoms with E-state index in [1.54, 1.807) is 0 Å². The van der Waals surface area contributed by atoms with Crippen molar-refractivity contribution in [2.75, 3.05) is 13.2 Å². The molecule has 0 saturated carbocycles. The third kappa shape index (κ3) is 1.47. The van der Waals surface area contributed by atoms with Crippen molar-refractivity contribution in [3.8, 4) is 0 Å². The summed E-state index contributed by atoms with van der Waals surface area (Å²) >= 11 is 0. The zero-order valence-corrected chi connectivity index (χ0v) is 7.32. The molecule has 0 unspecified atom stereocenters. The van der Waals surface area contributed by atoms with Gasteiger partial charge in [0.05, 0.1) is 13.2 Å². The van der Waals surface area contributed by atoms with E-state index in [4.69, 9.17) is 19.3 Å². The van der Waals surface area contributed by atoms with Gasteiger partial charge in [0.25, 0.3) is 0 Å². The second kappa shape index (κ2) is 2.67. The number of hydrogen-bond donors (Lipinski definition) is 1. The van der Waals surface area contributed by atoms with E-state index in [-0.39, 0.29) is 24.9 Å². The van der Waals surface area contributed by atoms with Crippen LogP contribution in [0.2, 0.25) is 0 Å². The van der Waals surface area contributed by atoms with Crippen LogP contribution in [0.1, 0.15) is 13.8 Å². The number of ether oxygens (including phenoxy) is 3. The third-order valence-electron chi connectivity index (χ3n) is 2.20. The fraction of sp³-hybridized carbons (Fsp3) is 1.00. The molecule has 2 heterocycles. The van der Waals surface area contributed by atoms with E-state index in [0.29, 0.717) is 6.61 Å². The summed E-state index contributed by atoms with van der Waals surface area (Å²) in [7, 11) is 0. The van der Waals surface area contributed by atoms with Gasteiger partial charge in [0, 0.05) is 0 Å². The molecule has 2 rings (SSSR count). The topological polar surface area (TPSA) is 51.2 Å². The Morgan fingerprint density at radius 2 is 2.25 bits per heavy atom. The Balaban J connectivity index is 1.85. The van der Waals surface area contributed by atoms with Crippen LogP contribution in [-0.2, 0) is 14.2 Å². The van der Waals surface area contributed by atoms with Gasteiger partial charge in [-0.05, 0) is 13.8 Å². The van der Waals surface area contributed by atoms with Crippen LogP contribution in [0.15, 0.2) is 0 Å². The highest BCUT2D eigenvalue weighted by atomic mass is 16.8. The fourth-order valence-corrected chi connectivity index (χ4v) is 1.51. The molecule has 2 fully saturated rings. The Morgan fingerprint density at radius 3 is 2.67 bits per heavy atom. The Kier molecular flexibility index (Phi) is 1.88. The molecular weight excluding hydrogens is 160 g/mol. The van der Waals surface area contributed by atoms with Crippen molar-refractivity contribution >= 4 is 0 Å². The van der Waals surface area contributed by atoms with Crippen LogP contribution in [-0.4, -0.2) is 42.4 Å². The lowest BCUT2D eigenvalue weighted by atomic mass is 10.2. The fourth-order valence-electron chi connectivity index (χ4n) is 1.51. The minimum absolute atomic E-state index is 0.00264. The van der Waals surface area contributed by atoms with E-state index in [0.717, 1.165) is 0 Å². The number of aliphatic hydroxyl groups excluding tert-OH is 1. The summed E-state index contributed by atoms with van der Waals surface area (Å²) in [6, 6.07) is 0. The highest BCUT2D eigenvalue weighted by Gasteiger charge is 2.50. The molecule has 0 radical (unpaired) electrons. The van der Waals surface area contributed by atoms with E-state index in [1.165, 1.54) is 0 Å². The zero-order chi connectivity index (χ0) is 8.77. The number of rotatable bonds is 2. The van der Waals surface area contributed by atoms with Gasteiger partial charge in [0.15, 0.2) is 5.79 Å². The van der Waals surface area contributed by atoms with Crippen molar-refractivity contribution in [2.24, 2.45) is 0 Å². The number of hydrogen-bond acceptors (Lipinski definition) is 4. The number of aliphatic hydroxyl groups is 1. The Bertz CT molecular complexity index is 180. The first-order valence-electron chi connectivity index (χ1n) is 4.20. The van der Waals surface area contributed by atoms with Crippen LogP contribution in [0, 0.1) is 0 Å². The summed E-state index contributed by atoms with van der Waals surface area (Å²) in [5.74, 6) is -0.489. The molecule has 0 spiro atoms. The van der Waals surface area contributed by atoms with Crippen molar-refractivity contribution < 1.29 is 19.3 Å². The van der Waals surface area contributed by atoms with Crippen LogP contribution in [0.3, 0.4) is 0 Å². The van der Waals surface area contributed by atoms with Gasteiger partial charge < -0.3 is 19.3 Å². The monoisotopic (exact) mass is 174 g/mol. The van der Waals surface area contributed by atoms with Gasteiger partial charge in [0.2, 0.25) is 0 Å². The van der Waals surface area contributed by atoms with Crippen LogP contribution >= 0.6 is 0 Å². The molecule has 0 aromatic heterocycles. The molecule has 0 aliphatic carbocycles. The summed E-state index contributed by atoms with van der Waals surface area (Å²) in [4.78, 5) is 0. The van der Waals surface area contributed by atoms with Gasteiger partial charge in [-0.2, -0.15) is 0 Å². The molecule has 0 aromatic rings. The molecular formula is C8H14O4. The molecule has 2 aliphatic rings. The quantitative estimate of drug-likeness (QED) is 0.594. The molecule has 4 heteroatoms. The van der Waals surface area contributed by atoms with E-state index < -0.39 is 5.79 Å². The lowest BCUT2D eigenvalue weighted by Crippen LogP contribution is -2.25. The smallest absolute Gasteiger partial charge is 0.163 e. The first-order valence-corrected chi connectivity index (χ1v) is 4.20. The van der Waals surface area contributed by atoms with Gasteiger partial charge in [-0.3, -0.25) is 0 Å². The molecule has 3 atom stereocenters. The Labute approximate surface area is 71.4 Å². The molecule has 2 saturated heterocycles. The summed E-state index contributed by atoms with van der Waals surface area (Å²) < 4.78 is 16.1. The molecule has 0 amide bonds. The van der Waals surface area contributed by atoms with Crippen LogP contribution in [0.4, 0.5) is 0 Å². The number of epoxide rings is 1.